The summed E-state index contributed by atoms with van der Waals surface area (Å²) in [6.45, 7) is 4.42. The summed E-state index contributed by atoms with van der Waals surface area (Å²) in [4.78, 5) is 24.6. The molecule has 0 aromatic heterocycles. The van der Waals surface area contributed by atoms with Crippen LogP contribution < -0.4 is 5.32 Å². The lowest BCUT2D eigenvalue weighted by Gasteiger charge is -2.17. The molecule has 8 heteroatoms. The Bertz CT molecular complexity index is 1000. The number of aliphatic hydroxyl groups excluding tert-OH is 1. The van der Waals surface area contributed by atoms with Crippen LogP contribution in [0.15, 0.2) is 47.4 Å². The average molecular weight is 421 g/mol. The van der Waals surface area contributed by atoms with E-state index in [1.54, 1.807) is 20.8 Å². The molecule has 2 aromatic carbocycles. The predicted molar refractivity (Wildman–Crippen MR) is 107 cm³/mol. The van der Waals surface area contributed by atoms with Crippen molar-refractivity contribution in [3.63, 3.8) is 0 Å². The number of halogens is 1. The Kier molecular flexibility index (Phi) is 7.26. The Hall–Kier alpha value is -2.58. The number of nitrogens with one attached hydrogen (secondary N) is 1. The van der Waals surface area contributed by atoms with Crippen molar-refractivity contribution >= 4 is 21.5 Å². The second kappa shape index (κ2) is 9.28. The number of ketones is 1. The number of aliphatic hydroxyl groups is 1. The van der Waals surface area contributed by atoms with Gasteiger partial charge in [0.05, 0.1) is 28.9 Å². The highest BCUT2D eigenvalue weighted by atomic mass is 32.2. The van der Waals surface area contributed by atoms with E-state index in [0.29, 0.717) is 5.56 Å². The van der Waals surface area contributed by atoms with Crippen LogP contribution in [0, 0.1) is 11.7 Å². The van der Waals surface area contributed by atoms with E-state index in [2.05, 4.69) is 5.32 Å². The maximum absolute atomic E-state index is 14.2. The van der Waals surface area contributed by atoms with Gasteiger partial charge in [0, 0.05) is 11.5 Å². The van der Waals surface area contributed by atoms with Crippen LogP contribution >= 0.6 is 0 Å². The van der Waals surface area contributed by atoms with Gasteiger partial charge in [-0.3, -0.25) is 9.59 Å². The van der Waals surface area contributed by atoms with E-state index in [1.165, 1.54) is 36.4 Å². The smallest absolute Gasteiger partial charge is 0.251 e. The highest BCUT2D eigenvalue weighted by molar-refractivity contribution is 7.91. The van der Waals surface area contributed by atoms with Crippen LogP contribution in [0.5, 0.6) is 0 Å². The molecule has 0 aliphatic carbocycles. The molecule has 0 aliphatic heterocycles. The number of carbonyl (C=O) groups is 2. The van der Waals surface area contributed by atoms with Gasteiger partial charge in [0.2, 0.25) is 0 Å². The first-order valence-electron chi connectivity index (χ1n) is 9.19. The fourth-order valence-corrected chi connectivity index (χ4v) is 3.60. The van der Waals surface area contributed by atoms with E-state index in [1.807, 2.05) is 0 Å². The van der Waals surface area contributed by atoms with E-state index in [9.17, 15) is 27.5 Å². The molecule has 2 aromatic rings. The average Bonchev–Trinajstić information content (AvgIpc) is 2.71. The van der Waals surface area contributed by atoms with Gasteiger partial charge in [0.15, 0.2) is 15.6 Å². The van der Waals surface area contributed by atoms with Crippen molar-refractivity contribution in [1.82, 2.24) is 5.32 Å². The molecule has 1 unspecified atom stereocenters. The Morgan fingerprint density at radius 1 is 1.10 bits per heavy atom. The molecule has 1 atom stereocenters. The van der Waals surface area contributed by atoms with Crippen molar-refractivity contribution in [2.24, 2.45) is 5.92 Å². The van der Waals surface area contributed by atoms with E-state index in [4.69, 9.17) is 0 Å². The zero-order valence-electron chi connectivity index (χ0n) is 16.5. The van der Waals surface area contributed by atoms with Gasteiger partial charge in [-0.25, -0.2) is 12.8 Å². The lowest BCUT2D eigenvalue weighted by molar-refractivity contribution is 0.0910. The van der Waals surface area contributed by atoms with Crippen LogP contribution in [0.4, 0.5) is 4.39 Å². The fourth-order valence-electron chi connectivity index (χ4n) is 2.72. The lowest BCUT2D eigenvalue weighted by Crippen LogP contribution is -2.31. The molecule has 1 amide bonds. The number of carbonyl (C=O) groups excluding carboxylic acids is 2. The molecule has 0 saturated heterocycles. The van der Waals surface area contributed by atoms with E-state index >= 15 is 0 Å². The largest absolute Gasteiger partial charge is 0.394 e. The molecule has 0 saturated carbocycles. The summed E-state index contributed by atoms with van der Waals surface area (Å²) in [7, 11) is -3.35. The normalized spacial score (nSPS) is 12.6. The zero-order valence-corrected chi connectivity index (χ0v) is 17.3. The number of amides is 1. The Morgan fingerprint density at radius 3 is 2.21 bits per heavy atom. The van der Waals surface area contributed by atoms with Crippen molar-refractivity contribution in [1.29, 1.82) is 0 Å². The van der Waals surface area contributed by atoms with Crippen LogP contribution in [0.3, 0.4) is 0 Å². The van der Waals surface area contributed by atoms with Gasteiger partial charge in [0.1, 0.15) is 5.82 Å². The third-order valence-corrected chi connectivity index (χ3v) is 6.28. The molecular weight excluding hydrogens is 397 g/mol. The first-order valence-corrected chi connectivity index (χ1v) is 10.8. The van der Waals surface area contributed by atoms with Gasteiger partial charge in [0.25, 0.3) is 5.91 Å². The van der Waals surface area contributed by atoms with Gasteiger partial charge < -0.3 is 10.4 Å². The molecule has 0 aliphatic rings. The van der Waals surface area contributed by atoms with Gasteiger partial charge in [-0.1, -0.05) is 32.9 Å². The minimum Gasteiger partial charge on any atom is -0.394 e. The molecule has 0 fully saturated rings. The van der Waals surface area contributed by atoms with Gasteiger partial charge in [-0.2, -0.15) is 0 Å². The van der Waals surface area contributed by atoms with Crippen LogP contribution in [-0.2, 0) is 9.84 Å². The van der Waals surface area contributed by atoms with E-state index in [0.717, 1.165) is 6.07 Å². The monoisotopic (exact) mass is 421 g/mol. The zero-order chi connectivity index (χ0) is 21.8. The number of hydrogen-bond donors (Lipinski definition) is 2. The third-order valence-electron chi connectivity index (χ3n) is 4.53. The van der Waals surface area contributed by atoms with Crippen molar-refractivity contribution in [3.8, 4) is 0 Å². The van der Waals surface area contributed by atoms with Crippen LogP contribution in [0.1, 0.15) is 53.1 Å². The number of rotatable bonds is 8. The standard InChI is InChI=1S/C21H24FNO5S/c1-4-29(27,28)16-8-5-14(6-9-16)19(12-24)23-21(26)15-7-10-17(18(22)11-15)20(25)13(2)3/h5-11,13,19,24H,4,12H2,1-3H3,(H,23,26). The highest BCUT2D eigenvalue weighted by Crippen LogP contribution is 2.19. The summed E-state index contributed by atoms with van der Waals surface area (Å²) >= 11 is 0. The topological polar surface area (TPSA) is 101 Å². The molecule has 29 heavy (non-hydrogen) atoms. The Balaban J connectivity index is 2.20. The molecule has 2 rings (SSSR count). The maximum atomic E-state index is 14.2. The molecule has 2 N–H and O–H groups in total. The minimum absolute atomic E-state index is 0.00596. The first kappa shape index (κ1) is 22.7. The Morgan fingerprint density at radius 2 is 1.72 bits per heavy atom. The van der Waals surface area contributed by atoms with Gasteiger partial charge in [-0.15, -0.1) is 0 Å². The minimum atomic E-state index is -3.35. The SMILES string of the molecule is CCS(=O)(=O)c1ccc(C(CO)NC(=O)c2ccc(C(=O)C(C)C)c(F)c2)cc1. The number of Topliss-reactive ketones (excluding diaryl/α,β-unsaturated/α-hetero) is 1. The molecule has 6 nitrogen and oxygen atoms in total. The van der Waals surface area contributed by atoms with Gasteiger partial charge >= 0.3 is 0 Å². The summed E-state index contributed by atoms with van der Waals surface area (Å²) in [6, 6.07) is 8.63. The fraction of sp³-hybridized carbons (Fsp3) is 0.333. The van der Waals surface area contributed by atoms with Crippen LogP contribution in [0.2, 0.25) is 0 Å². The third kappa shape index (κ3) is 5.27. The summed E-state index contributed by atoms with van der Waals surface area (Å²) in [5.41, 5.74) is 0.428. The number of benzene rings is 2. The quantitative estimate of drug-likeness (QED) is 0.639. The number of hydrogen-bond acceptors (Lipinski definition) is 5. The molecule has 0 heterocycles. The maximum Gasteiger partial charge on any atom is 0.251 e. The molecule has 0 spiro atoms. The predicted octanol–water partition coefficient (Wildman–Crippen LogP) is 2.92. The van der Waals surface area contributed by atoms with Crippen molar-refractivity contribution in [3.05, 3.63) is 65.0 Å². The van der Waals surface area contributed by atoms with Crippen molar-refractivity contribution < 1.29 is 27.5 Å². The molecule has 156 valence electrons. The summed E-state index contributed by atoms with van der Waals surface area (Å²) < 4.78 is 38.0. The van der Waals surface area contributed by atoms with Crippen molar-refractivity contribution in [2.75, 3.05) is 12.4 Å². The number of sulfone groups is 1. The summed E-state index contributed by atoms with van der Waals surface area (Å²) in [6.07, 6.45) is 0. The van der Waals surface area contributed by atoms with Gasteiger partial charge in [-0.05, 0) is 35.9 Å². The Labute approximate surface area is 169 Å². The second-order valence-electron chi connectivity index (χ2n) is 6.89. The molecule has 0 radical (unpaired) electrons. The van der Waals surface area contributed by atoms with Crippen LogP contribution in [0.25, 0.3) is 0 Å². The van der Waals surface area contributed by atoms with Crippen LogP contribution in [-0.4, -0.2) is 37.6 Å². The van der Waals surface area contributed by atoms with Crippen molar-refractivity contribution in [2.45, 2.75) is 31.7 Å². The summed E-state index contributed by atoms with van der Waals surface area (Å²) in [5.74, 6) is -2.18. The van der Waals surface area contributed by atoms with E-state index < -0.39 is 34.2 Å². The first-order chi connectivity index (χ1) is 13.6. The second-order valence-corrected chi connectivity index (χ2v) is 9.17. The van der Waals surface area contributed by atoms with E-state index in [-0.39, 0.29) is 33.5 Å². The molecule has 0 bridgehead atoms. The lowest BCUT2D eigenvalue weighted by atomic mass is 9.99. The highest BCUT2D eigenvalue weighted by Gasteiger charge is 2.20. The molecular formula is C21H24FNO5S. The summed E-state index contributed by atoms with van der Waals surface area (Å²) in [5, 5.41) is 12.2.